The van der Waals surface area contributed by atoms with Gasteiger partial charge in [-0.05, 0) is 23.3 Å². The van der Waals surface area contributed by atoms with Crippen LogP contribution in [0.15, 0.2) is 48.7 Å². The van der Waals surface area contributed by atoms with E-state index in [2.05, 4.69) is 4.98 Å². The van der Waals surface area contributed by atoms with E-state index in [4.69, 9.17) is 11.5 Å². The first-order valence-corrected chi connectivity index (χ1v) is 7.29. The molecular weight excluding hydrogens is 290 g/mol. The molecule has 23 heavy (non-hydrogen) atoms. The molecule has 2 aromatic carbocycles. The van der Waals surface area contributed by atoms with Gasteiger partial charge in [-0.2, -0.15) is 0 Å². The van der Waals surface area contributed by atoms with E-state index in [1.807, 2.05) is 37.4 Å². The van der Waals surface area contributed by atoms with E-state index < -0.39 is 11.8 Å². The zero-order valence-electron chi connectivity index (χ0n) is 12.7. The van der Waals surface area contributed by atoms with Crippen LogP contribution in [-0.2, 0) is 0 Å². The third kappa shape index (κ3) is 2.46. The van der Waals surface area contributed by atoms with Crippen molar-refractivity contribution in [2.45, 2.75) is 12.8 Å². The molecular formula is C18H17N3O2. The quantitative estimate of drug-likeness (QED) is 0.689. The van der Waals surface area contributed by atoms with Gasteiger partial charge in [-0.25, -0.2) is 0 Å². The van der Waals surface area contributed by atoms with Gasteiger partial charge in [0.25, 0.3) is 0 Å². The molecule has 0 aliphatic carbocycles. The normalized spacial score (nSPS) is 12.2. The molecule has 0 saturated heterocycles. The monoisotopic (exact) mass is 307 g/mol. The van der Waals surface area contributed by atoms with Crippen molar-refractivity contribution >= 4 is 22.7 Å². The molecule has 0 saturated carbocycles. The number of amides is 2. The van der Waals surface area contributed by atoms with Crippen molar-refractivity contribution in [2.24, 2.45) is 11.5 Å². The van der Waals surface area contributed by atoms with Crippen LogP contribution in [0.3, 0.4) is 0 Å². The van der Waals surface area contributed by atoms with Gasteiger partial charge in [0.05, 0.1) is 11.1 Å². The van der Waals surface area contributed by atoms with Crippen LogP contribution in [0.5, 0.6) is 0 Å². The summed E-state index contributed by atoms with van der Waals surface area (Å²) in [6, 6.07) is 13.0. The minimum atomic E-state index is -0.660. The van der Waals surface area contributed by atoms with Gasteiger partial charge in [0, 0.05) is 23.0 Å². The maximum absolute atomic E-state index is 11.9. The molecule has 116 valence electrons. The number of carbonyl (C=O) groups is 2. The second-order valence-corrected chi connectivity index (χ2v) is 5.51. The number of H-pyrrole nitrogens is 1. The van der Waals surface area contributed by atoms with Crippen molar-refractivity contribution in [3.63, 3.8) is 0 Å². The van der Waals surface area contributed by atoms with E-state index in [1.165, 1.54) is 6.07 Å². The molecule has 1 unspecified atom stereocenters. The summed E-state index contributed by atoms with van der Waals surface area (Å²) in [5.41, 5.74) is 14.0. The number of nitrogens with one attached hydrogen (secondary N) is 1. The van der Waals surface area contributed by atoms with E-state index >= 15 is 0 Å². The molecule has 0 spiro atoms. The lowest BCUT2D eigenvalue weighted by Crippen LogP contribution is -2.23. The van der Waals surface area contributed by atoms with Crippen LogP contribution in [0.25, 0.3) is 10.9 Å². The van der Waals surface area contributed by atoms with Crippen molar-refractivity contribution in [1.29, 1.82) is 0 Å². The Bertz CT molecular complexity index is 912. The molecule has 1 atom stereocenters. The zero-order valence-corrected chi connectivity index (χ0v) is 12.7. The number of benzene rings is 2. The molecule has 0 fully saturated rings. The number of nitrogens with two attached hydrogens (primary N) is 2. The predicted octanol–water partition coefficient (Wildman–Crippen LogP) is 2.52. The van der Waals surface area contributed by atoms with Gasteiger partial charge >= 0.3 is 0 Å². The molecule has 0 aliphatic heterocycles. The van der Waals surface area contributed by atoms with E-state index in [-0.39, 0.29) is 17.0 Å². The van der Waals surface area contributed by atoms with Crippen LogP contribution in [0.4, 0.5) is 0 Å². The number of fused-ring (bicyclic) bond motifs is 1. The van der Waals surface area contributed by atoms with Crippen molar-refractivity contribution in [3.8, 4) is 0 Å². The van der Waals surface area contributed by atoms with Gasteiger partial charge in [-0.15, -0.1) is 0 Å². The highest BCUT2D eigenvalue weighted by atomic mass is 16.2. The SMILES string of the molecule is CC(c1cccc(C(N)=O)c1C(N)=O)c1c[nH]c2ccccc12. The summed E-state index contributed by atoms with van der Waals surface area (Å²) < 4.78 is 0. The Hall–Kier alpha value is -3.08. The first-order valence-electron chi connectivity index (χ1n) is 7.29. The van der Waals surface area contributed by atoms with E-state index in [9.17, 15) is 9.59 Å². The third-order valence-electron chi connectivity index (χ3n) is 4.16. The average Bonchev–Trinajstić information content (AvgIpc) is 2.97. The second-order valence-electron chi connectivity index (χ2n) is 5.51. The minimum Gasteiger partial charge on any atom is -0.366 e. The van der Waals surface area contributed by atoms with Gasteiger partial charge in [-0.1, -0.05) is 37.3 Å². The topological polar surface area (TPSA) is 102 Å². The molecule has 0 radical (unpaired) electrons. The van der Waals surface area contributed by atoms with E-state index in [0.29, 0.717) is 5.56 Å². The number of aromatic nitrogens is 1. The van der Waals surface area contributed by atoms with Crippen molar-refractivity contribution in [1.82, 2.24) is 4.98 Å². The van der Waals surface area contributed by atoms with Gasteiger partial charge < -0.3 is 16.5 Å². The molecule has 1 aromatic heterocycles. The summed E-state index contributed by atoms with van der Waals surface area (Å²) in [4.78, 5) is 26.7. The number of hydrogen-bond acceptors (Lipinski definition) is 2. The largest absolute Gasteiger partial charge is 0.366 e. The Kier molecular flexibility index (Phi) is 3.62. The van der Waals surface area contributed by atoms with Crippen LogP contribution in [-0.4, -0.2) is 16.8 Å². The summed E-state index contributed by atoms with van der Waals surface area (Å²) in [7, 11) is 0. The molecule has 5 nitrogen and oxygen atoms in total. The van der Waals surface area contributed by atoms with Gasteiger partial charge in [-0.3, -0.25) is 9.59 Å². The lowest BCUT2D eigenvalue weighted by Gasteiger charge is -2.16. The summed E-state index contributed by atoms with van der Waals surface area (Å²) in [5.74, 6) is -1.43. The Morgan fingerprint density at radius 2 is 1.70 bits per heavy atom. The molecule has 0 aliphatic rings. The van der Waals surface area contributed by atoms with E-state index in [1.54, 1.807) is 12.1 Å². The highest BCUT2D eigenvalue weighted by Gasteiger charge is 2.22. The van der Waals surface area contributed by atoms with Gasteiger partial charge in [0.15, 0.2) is 0 Å². The molecule has 1 heterocycles. The molecule has 5 heteroatoms. The fourth-order valence-electron chi connectivity index (χ4n) is 3.03. The van der Waals surface area contributed by atoms with E-state index in [0.717, 1.165) is 16.5 Å². The standard InChI is InChI=1S/C18H17N3O2/c1-10(14-9-21-15-8-3-2-5-12(14)15)11-6-4-7-13(17(19)22)16(11)18(20)23/h2-10,21H,1H3,(H2,19,22)(H2,20,23). The summed E-state index contributed by atoms with van der Waals surface area (Å²) >= 11 is 0. The number of para-hydroxylation sites is 1. The van der Waals surface area contributed by atoms with Crippen LogP contribution in [0.1, 0.15) is 44.7 Å². The fraction of sp³-hybridized carbons (Fsp3) is 0.111. The van der Waals surface area contributed by atoms with Gasteiger partial charge in [0.2, 0.25) is 11.8 Å². The Balaban J connectivity index is 2.20. The molecule has 5 N–H and O–H groups in total. The average molecular weight is 307 g/mol. The number of carbonyl (C=O) groups excluding carboxylic acids is 2. The first kappa shape index (κ1) is 14.8. The number of hydrogen-bond donors (Lipinski definition) is 3. The smallest absolute Gasteiger partial charge is 0.249 e. The number of primary amides is 2. The number of rotatable bonds is 4. The van der Waals surface area contributed by atoms with Crippen LogP contribution in [0, 0.1) is 0 Å². The summed E-state index contributed by atoms with van der Waals surface area (Å²) in [6.45, 7) is 1.97. The second kappa shape index (κ2) is 5.61. The third-order valence-corrected chi connectivity index (χ3v) is 4.16. The predicted molar refractivity (Wildman–Crippen MR) is 89.3 cm³/mol. The summed E-state index contributed by atoms with van der Waals surface area (Å²) in [5, 5.41) is 1.07. The maximum Gasteiger partial charge on any atom is 0.249 e. The Morgan fingerprint density at radius 3 is 2.39 bits per heavy atom. The summed E-state index contributed by atoms with van der Waals surface area (Å²) in [6.07, 6.45) is 1.91. The molecule has 2 amide bonds. The lowest BCUT2D eigenvalue weighted by molar-refractivity contribution is 0.0966. The van der Waals surface area contributed by atoms with Crippen LogP contribution < -0.4 is 11.5 Å². The number of aromatic amines is 1. The lowest BCUT2D eigenvalue weighted by atomic mass is 9.87. The highest BCUT2D eigenvalue weighted by Crippen LogP contribution is 2.33. The molecule has 0 bridgehead atoms. The van der Waals surface area contributed by atoms with Crippen molar-refractivity contribution in [3.05, 3.63) is 70.9 Å². The maximum atomic E-state index is 11.9. The van der Waals surface area contributed by atoms with Gasteiger partial charge in [0.1, 0.15) is 0 Å². The zero-order chi connectivity index (χ0) is 16.6. The Labute approximate surface area is 133 Å². The molecule has 3 rings (SSSR count). The Morgan fingerprint density at radius 1 is 0.957 bits per heavy atom. The fourth-order valence-corrected chi connectivity index (χ4v) is 3.03. The van der Waals surface area contributed by atoms with Crippen molar-refractivity contribution < 1.29 is 9.59 Å². The van der Waals surface area contributed by atoms with Crippen LogP contribution in [0.2, 0.25) is 0 Å². The first-order chi connectivity index (χ1) is 11.0. The highest BCUT2D eigenvalue weighted by molar-refractivity contribution is 6.07. The molecule has 3 aromatic rings. The minimum absolute atomic E-state index is 0.118. The van der Waals surface area contributed by atoms with Crippen molar-refractivity contribution in [2.75, 3.05) is 0 Å². The van der Waals surface area contributed by atoms with Crippen LogP contribution >= 0.6 is 0 Å².